The fourth-order valence-corrected chi connectivity index (χ4v) is 2.65. The Bertz CT molecular complexity index is 1030. The summed E-state index contributed by atoms with van der Waals surface area (Å²) in [5, 5.41) is 15.3. The molecule has 24 heavy (non-hydrogen) atoms. The van der Waals surface area contributed by atoms with Crippen LogP contribution in [0, 0.1) is 6.92 Å². The van der Waals surface area contributed by atoms with Crippen LogP contribution in [-0.4, -0.2) is 32.1 Å². The molecule has 1 N–H and O–H groups in total. The Morgan fingerprint density at radius 2 is 2.08 bits per heavy atom. The fraction of sp³-hybridized carbons (Fsp3) is 0.176. The third-order valence-electron chi connectivity index (χ3n) is 3.87. The van der Waals surface area contributed by atoms with Gasteiger partial charge in [-0.2, -0.15) is 4.52 Å². The molecular weight excluding hydrogens is 304 g/mol. The molecule has 0 radical (unpaired) electrons. The van der Waals surface area contributed by atoms with Gasteiger partial charge in [-0.25, -0.2) is 4.98 Å². The van der Waals surface area contributed by atoms with Crippen molar-refractivity contribution in [1.82, 2.24) is 25.0 Å². The number of methoxy groups -OCH3 is 1. The number of hydrogen-bond donors (Lipinski definition) is 1. The molecule has 4 rings (SSSR count). The maximum absolute atomic E-state index is 5.25. The van der Waals surface area contributed by atoms with Crippen LogP contribution in [0.4, 0.5) is 5.82 Å². The molecule has 0 spiro atoms. The molecule has 0 aliphatic heterocycles. The SMILES string of the molecule is COc1cccc(CNc2nc3ccc(C)cc3n3nnnc23)c1. The Kier molecular flexibility index (Phi) is 3.45. The Morgan fingerprint density at radius 1 is 1.17 bits per heavy atom. The van der Waals surface area contributed by atoms with Crippen LogP contribution in [0.1, 0.15) is 11.1 Å². The zero-order valence-electron chi connectivity index (χ0n) is 13.4. The molecule has 120 valence electrons. The molecule has 0 amide bonds. The van der Waals surface area contributed by atoms with Crippen LogP contribution in [-0.2, 0) is 6.54 Å². The molecule has 7 heteroatoms. The van der Waals surface area contributed by atoms with E-state index in [1.54, 1.807) is 11.6 Å². The molecule has 2 heterocycles. The standard InChI is InChI=1S/C17H16N6O/c1-11-6-7-14-15(8-11)23-17(20-21-22-23)16(19-14)18-10-12-4-3-5-13(9-12)24-2/h3-9H,10H2,1-2H3,(H,18,19). The van der Waals surface area contributed by atoms with Crippen molar-refractivity contribution >= 4 is 22.5 Å². The van der Waals surface area contributed by atoms with Crippen molar-refractivity contribution in [2.24, 2.45) is 0 Å². The topological polar surface area (TPSA) is 77.2 Å². The summed E-state index contributed by atoms with van der Waals surface area (Å²) in [5.74, 6) is 1.48. The molecule has 2 aromatic heterocycles. The summed E-state index contributed by atoms with van der Waals surface area (Å²) < 4.78 is 6.97. The smallest absolute Gasteiger partial charge is 0.222 e. The summed E-state index contributed by atoms with van der Waals surface area (Å²) in [5.41, 5.74) is 4.57. The number of nitrogens with zero attached hydrogens (tertiary/aromatic N) is 5. The highest BCUT2D eigenvalue weighted by molar-refractivity contribution is 5.82. The molecule has 0 bridgehead atoms. The van der Waals surface area contributed by atoms with E-state index in [-0.39, 0.29) is 0 Å². The Balaban J connectivity index is 1.72. The maximum Gasteiger partial charge on any atom is 0.222 e. The third-order valence-corrected chi connectivity index (χ3v) is 3.87. The minimum atomic E-state index is 0.601. The van der Waals surface area contributed by atoms with Gasteiger partial charge in [0.2, 0.25) is 5.65 Å². The van der Waals surface area contributed by atoms with E-state index in [9.17, 15) is 0 Å². The predicted octanol–water partition coefficient (Wildman–Crippen LogP) is 2.60. The minimum Gasteiger partial charge on any atom is -0.497 e. The quantitative estimate of drug-likeness (QED) is 0.623. The lowest BCUT2D eigenvalue weighted by atomic mass is 10.2. The first-order valence-electron chi connectivity index (χ1n) is 7.60. The van der Waals surface area contributed by atoms with Crippen molar-refractivity contribution in [3.8, 4) is 5.75 Å². The number of aryl methyl sites for hydroxylation is 1. The molecule has 0 saturated heterocycles. The monoisotopic (exact) mass is 320 g/mol. The zero-order valence-corrected chi connectivity index (χ0v) is 13.4. The van der Waals surface area contributed by atoms with E-state index in [0.717, 1.165) is 27.9 Å². The molecule has 0 fully saturated rings. The van der Waals surface area contributed by atoms with Crippen LogP contribution in [0.25, 0.3) is 16.7 Å². The van der Waals surface area contributed by atoms with Gasteiger partial charge in [0.15, 0.2) is 5.82 Å². The lowest BCUT2D eigenvalue weighted by Gasteiger charge is -2.09. The van der Waals surface area contributed by atoms with E-state index in [1.165, 1.54) is 0 Å². The van der Waals surface area contributed by atoms with Gasteiger partial charge in [0.05, 0.1) is 18.1 Å². The van der Waals surface area contributed by atoms with Crippen molar-refractivity contribution in [1.29, 1.82) is 0 Å². The lowest BCUT2D eigenvalue weighted by Crippen LogP contribution is -2.05. The van der Waals surface area contributed by atoms with Gasteiger partial charge in [0.1, 0.15) is 5.75 Å². The molecule has 4 aromatic rings. The number of hydrogen-bond acceptors (Lipinski definition) is 6. The van der Waals surface area contributed by atoms with Crippen LogP contribution in [0.2, 0.25) is 0 Å². The number of nitrogens with one attached hydrogen (secondary N) is 1. The van der Waals surface area contributed by atoms with Gasteiger partial charge in [-0.1, -0.05) is 18.2 Å². The summed E-state index contributed by atoms with van der Waals surface area (Å²) in [7, 11) is 1.66. The van der Waals surface area contributed by atoms with Crippen molar-refractivity contribution in [2.45, 2.75) is 13.5 Å². The van der Waals surface area contributed by atoms with Gasteiger partial charge in [0.25, 0.3) is 0 Å². The van der Waals surface area contributed by atoms with Gasteiger partial charge < -0.3 is 10.1 Å². The van der Waals surface area contributed by atoms with Gasteiger partial charge in [-0.05, 0) is 52.7 Å². The number of anilines is 1. The third kappa shape index (κ3) is 2.50. The van der Waals surface area contributed by atoms with Crippen LogP contribution >= 0.6 is 0 Å². The number of tetrazole rings is 1. The summed E-state index contributed by atoms with van der Waals surface area (Å²) in [6.07, 6.45) is 0. The van der Waals surface area contributed by atoms with Crippen molar-refractivity contribution in [3.63, 3.8) is 0 Å². The van der Waals surface area contributed by atoms with Crippen LogP contribution < -0.4 is 10.1 Å². The van der Waals surface area contributed by atoms with E-state index in [0.29, 0.717) is 18.0 Å². The van der Waals surface area contributed by atoms with Gasteiger partial charge in [-0.15, -0.1) is 5.10 Å². The second kappa shape index (κ2) is 5.77. The summed E-state index contributed by atoms with van der Waals surface area (Å²) in [6.45, 7) is 2.63. The lowest BCUT2D eigenvalue weighted by molar-refractivity contribution is 0.414. The second-order valence-electron chi connectivity index (χ2n) is 5.57. The Morgan fingerprint density at radius 3 is 2.96 bits per heavy atom. The number of ether oxygens (including phenoxy) is 1. The highest BCUT2D eigenvalue weighted by atomic mass is 16.5. The molecular formula is C17H16N6O. The molecule has 2 aromatic carbocycles. The van der Waals surface area contributed by atoms with E-state index in [2.05, 4.69) is 25.8 Å². The average Bonchev–Trinajstić information content (AvgIpc) is 3.10. The largest absolute Gasteiger partial charge is 0.497 e. The summed E-state index contributed by atoms with van der Waals surface area (Å²) in [4.78, 5) is 4.67. The molecule has 0 aliphatic rings. The Hall–Kier alpha value is -3.22. The predicted molar refractivity (Wildman–Crippen MR) is 91.1 cm³/mol. The highest BCUT2D eigenvalue weighted by Crippen LogP contribution is 2.21. The molecule has 0 saturated carbocycles. The molecule has 0 atom stereocenters. The van der Waals surface area contributed by atoms with Crippen molar-refractivity contribution < 1.29 is 4.74 Å². The Labute approximate surface area is 138 Å². The first kappa shape index (κ1) is 14.4. The average molecular weight is 320 g/mol. The first-order chi connectivity index (χ1) is 11.7. The maximum atomic E-state index is 5.25. The number of rotatable bonds is 4. The van der Waals surface area contributed by atoms with Crippen LogP contribution in [0.15, 0.2) is 42.5 Å². The van der Waals surface area contributed by atoms with Crippen LogP contribution in [0.3, 0.4) is 0 Å². The highest BCUT2D eigenvalue weighted by Gasteiger charge is 2.11. The van der Waals surface area contributed by atoms with E-state index in [1.807, 2.05) is 49.4 Å². The molecule has 0 aliphatic carbocycles. The summed E-state index contributed by atoms with van der Waals surface area (Å²) >= 11 is 0. The van der Waals surface area contributed by atoms with Gasteiger partial charge >= 0.3 is 0 Å². The fourth-order valence-electron chi connectivity index (χ4n) is 2.65. The van der Waals surface area contributed by atoms with E-state index >= 15 is 0 Å². The zero-order chi connectivity index (χ0) is 16.5. The van der Waals surface area contributed by atoms with Crippen molar-refractivity contribution in [3.05, 3.63) is 53.6 Å². The van der Waals surface area contributed by atoms with E-state index in [4.69, 9.17) is 4.74 Å². The van der Waals surface area contributed by atoms with Gasteiger partial charge in [-0.3, -0.25) is 0 Å². The number of benzene rings is 2. The van der Waals surface area contributed by atoms with Crippen LogP contribution in [0.5, 0.6) is 5.75 Å². The minimum absolute atomic E-state index is 0.601. The number of aromatic nitrogens is 5. The molecule has 7 nitrogen and oxygen atoms in total. The van der Waals surface area contributed by atoms with E-state index < -0.39 is 0 Å². The van der Waals surface area contributed by atoms with Gasteiger partial charge in [0, 0.05) is 6.54 Å². The van der Waals surface area contributed by atoms with Crippen molar-refractivity contribution in [2.75, 3.05) is 12.4 Å². The first-order valence-corrected chi connectivity index (χ1v) is 7.60. The summed E-state index contributed by atoms with van der Waals surface area (Å²) in [6, 6.07) is 13.9. The normalized spacial score (nSPS) is 11.1. The molecule has 0 unspecified atom stereocenters. The number of fused-ring (bicyclic) bond motifs is 3. The second-order valence-corrected chi connectivity index (χ2v) is 5.57.